The average molecular weight is 185 g/mol. The Balaban J connectivity index is 1.98. The fourth-order valence-electron chi connectivity index (χ4n) is 1.65. The van der Waals surface area contributed by atoms with Gasteiger partial charge < -0.3 is 4.57 Å². The summed E-state index contributed by atoms with van der Waals surface area (Å²) >= 11 is 0. The van der Waals surface area contributed by atoms with Crippen LogP contribution in [-0.2, 0) is 13.0 Å². The van der Waals surface area contributed by atoms with Gasteiger partial charge in [-0.3, -0.25) is 0 Å². The molecule has 0 aliphatic heterocycles. The molecule has 14 heavy (non-hydrogen) atoms. The molecule has 1 nitrogen and oxygen atoms in total. The summed E-state index contributed by atoms with van der Waals surface area (Å²) in [6, 6.07) is 12.8. The first kappa shape index (κ1) is 9.07. The van der Waals surface area contributed by atoms with Crippen molar-refractivity contribution in [1.29, 1.82) is 0 Å². The third-order valence-electron chi connectivity index (χ3n) is 2.41. The molecule has 72 valence electrons. The molecule has 0 aliphatic rings. The molecule has 0 atom stereocenters. The Bertz CT molecular complexity index is 387. The van der Waals surface area contributed by atoms with E-state index in [9.17, 15) is 0 Å². The lowest BCUT2D eigenvalue weighted by Crippen LogP contribution is -1.98. The summed E-state index contributed by atoms with van der Waals surface area (Å²) < 4.78 is 2.21. The monoisotopic (exact) mass is 185 g/mol. The topological polar surface area (TPSA) is 4.93 Å². The third kappa shape index (κ3) is 2.25. The van der Waals surface area contributed by atoms with Gasteiger partial charge in [0, 0.05) is 18.9 Å². The molecule has 0 saturated carbocycles. The van der Waals surface area contributed by atoms with Crippen LogP contribution in [0.2, 0.25) is 0 Å². The zero-order valence-corrected chi connectivity index (χ0v) is 8.48. The second-order valence-electron chi connectivity index (χ2n) is 3.66. The van der Waals surface area contributed by atoms with E-state index in [1.165, 1.54) is 11.1 Å². The lowest BCUT2D eigenvalue weighted by atomic mass is 10.1. The Labute approximate surface area is 85.0 Å². The SMILES string of the molecule is Cc1cccc(CCn2cccc2)c1. The Morgan fingerprint density at radius 1 is 1.07 bits per heavy atom. The molecule has 0 saturated heterocycles. The highest BCUT2D eigenvalue weighted by molar-refractivity contribution is 5.22. The quantitative estimate of drug-likeness (QED) is 0.692. The van der Waals surface area contributed by atoms with Crippen LogP contribution in [0.15, 0.2) is 48.8 Å². The molecule has 0 aliphatic carbocycles. The minimum absolute atomic E-state index is 1.07. The molecule has 0 radical (unpaired) electrons. The van der Waals surface area contributed by atoms with E-state index in [4.69, 9.17) is 0 Å². The highest BCUT2D eigenvalue weighted by Crippen LogP contribution is 2.05. The third-order valence-corrected chi connectivity index (χ3v) is 2.41. The first-order valence-electron chi connectivity index (χ1n) is 5.01. The van der Waals surface area contributed by atoms with E-state index in [0.717, 1.165) is 13.0 Å². The van der Waals surface area contributed by atoms with E-state index < -0.39 is 0 Å². The van der Waals surface area contributed by atoms with Crippen LogP contribution in [0, 0.1) is 6.92 Å². The van der Waals surface area contributed by atoms with Crippen LogP contribution in [-0.4, -0.2) is 4.57 Å². The van der Waals surface area contributed by atoms with Crippen molar-refractivity contribution in [2.75, 3.05) is 0 Å². The van der Waals surface area contributed by atoms with Crippen molar-refractivity contribution in [2.24, 2.45) is 0 Å². The van der Waals surface area contributed by atoms with Crippen LogP contribution in [0.1, 0.15) is 11.1 Å². The first-order chi connectivity index (χ1) is 6.84. The molecule has 1 aromatic heterocycles. The van der Waals surface area contributed by atoms with Crippen molar-refractivity contribution >= 4 is 0 Å². The van der Waals surface area contributed by atoms with Gasteiger partial charge in [0.25, 0.3) is 0 Å². The van der Waals surface area contributed by atoms with Crippen LogP contribution in [0.25, 0.3) is 0 Å². The van der Waals surface area contributed by atoms with Gasteiger partial charge in [-0.25, -0.2) is 0 Å². The number of nitrogens with zero attached hydrogens (tertiary/aromatic N) is 1. The zero-order chi connectivity index (χ0) is 9.80. The highest BCUT2D eigenvalue weighted by Gasteiger charge is 1.93. The van der Waals surface area contributed by atoms with Crippen molar-refractivity contribution < 1.29 is 0 Å². The Morgan fingerprint density at radius 3 is 2.57 bits per heavy atom. The number of hydrogen-bond donors (Lipinski definition) is 0. The van der Waals surface area contributed by atoms with Gasteiger partial charge in [-0.1, -0.05) is 29.8 Å². The fraction of sp³-hybridized carbons (Fsp3) is 0.231. The fourth-order valence-corrected chi connectivity index (χ4v) is 1.65. The Kier molecular flexibility index (Phi) is 2.68. The zero-order valence-electron chi connectivity index (χ0n) is 8.48. The van der Waals surface area contributed by atoms with E-state index >= 15 is 0 Å². The molecule has 0 N–H and O–H groups in total. The van der Waals surface area contributed by atoms with Gasteiger partial charge in [0.05, 0.1) is 0 Å². The summed E-state index contributed by atoms with van der Waals surface area (Å²) in [4.78, 5) is 0. The second-order valence-corrected chi connectivity index (χ2v) is 3.66. The molecule has 0 spiro atoms. The van der Waals surface area contributed by atoms with E-state index in [2.05, 4.69) is 60.3 Å². The van der Waals surface area contributed by atoms with Crippen LogP contribution in [0.5, 0.6) is 0 Å². The molecule has 0 amide bonds. The van der Waals surface area contributed by atoms with E-state index in [1.807, 2.05) is 0 Å². The number of hydrogen-bond acceptors (Lipinski definition) is 0. The number of rotatable bonds is 3. The molecule has 2 rings (SSSR count). The maximum Gasteiger partial charge on any atom is 0.0260 e. The first-order valence-corrected chi connectivity index (χ1v) is 5.01. The van der Waals surface area contributed by atoms with Crippen LogP contribution < -0.4 is 0 Å². The maximum atomic E-state index is 2.25. The summed E-state index contributed by atoms with van der Waals surface area (Å²) in [5.41, 5.74) is 2.76. The standard InChI is InChI=1S/C13H15N/c1-12-5-4-6-13(11-12)7-10-14-8-2-3-9-14/h2-6,8-9,11H,7,10H2,1H3. The summed E-state index contributed by atoms with van der Waals surface area (Å²) in [7, 11) is 0. The van der Waals surface area contributed by atoms with Gasteiger partial charge in [0.2, 0.25) is 0 Å². The van der Waals surface area contributed by atoms with Crippen molar-refractivity contribution in [1.82, 2.24) is 4.57 Å². The van der Waals surface area contributed by atoms with Crippen molar-refractivity contribution in [3.8, 4) is 0 Å². The van der Waals surface area contributed by atoms with Gasteiger partial charge in [0.1, 0.15) is 0 Å². The molecular weight excluding hydrogens is 170 g/mol. The predicted octanol–water partition coefficient (Wildman–Crippen LogP) is 3.04. The largest absolute Gasteiger partial charge is 0.354 e. The van der Waals surface area contributed by atoms with Crippen LogP contribution in [0.3, 0.4) is 0 Å². The average Bonchev–Trinajstić information content (AvgIpc) is 2.67. The lowest BCUT2D eigenvalue weighted by molar-refractivity contribution is 0.701. The minimum Gasteiger partial charge on any atom is -0.354 e. The molecule has 1 aromatic carbocycles. The number of benzene rings is 1. The van der Waals surface area contributed by atoms with Gasteiger partial charge in [-0.2, -0.15) is 0 Å². The molecule has 1 heterocycles. The number of aryl methyl sites for hydroxylation is 3. The van der Waals surface area contributed by atoms with Crippen LogP contribution >= 0.6 is 0 Å². The second kappa shape index (κ2) is 4.14. The van der Waals surface area contributed by atoms with E-state index in [1.54, 1.807) is 0 Å². The summed E-state index contributed by atoms with van der Waals surface area (Å²) in [5, 5.41) is 0. The van der Waals surface area contributed by atoms with Crippen molar-refractivity contribution in [2.45, 2.75) is 19.9 Å². The molecule has 1 heteroatoms. The van der Waals surface area contributed by atoms with Gasteiger partial charge in [-0.05, 0) is 31.0 Å². The van der Waals surface area contributed by atoms with Crippen molar-refractivity contribution in [3.05, 3.63) is 59.9 Å². The number of aromatic nitrogens is 1. The lowest BCUT2D eigenvalue weighted by Gasteiger charge is -2.03. The minimum atomic E-state index is 1.07. The van der Waals surface area contributed by atoms with E-state index in [-0.39, 0.29) is 0 Å². The Hall–Kier alpha value is -1.50. The smallest absolute Gasteiger partial charge is 0.0260 e. The molecule has 2 aromatic rings. The van der Waals surface area contributed by atoms with Gasteiger partial charge in [0.15, 0.2) is 0 Å². The highest BCUT2D eigenvalue weighted by atomic mass is 14.9. The van der Waals surface area contributed by atoms with Crippen LogP contribution in [0.4, 0.5) is 0 Å². The maximum absolute atomic E-state index is 2.25. The molecule has 0 unspecified atom stereocenters. The predicted molar refractivity (Wildman–Crippen MR) is 59.3 cm³/mol. The summed E-state index contributed by atoms with van der Waals surface area (Å²) in [6.07, 6.45) is 5.32. The molecule has 0 bridgehead atoms. The summed E-state index contributed by atoms with van der Waals surface area (Å²) in [5.74, 6) is 0. The molecular formula is C13H15N. The Morgan fingerprint density at radius 2 is 1.86 bits per heavy atom. The normalized spacial score (nSPS) is 10.4. The van der Waals surface area contributed by atoms with Gasteiger partial charge >= 0.3 is 0 Å². The summed E-state index contributed by atoms with van der Waals surface area (Å²) in [6.45, 7) is 3.20. The van der Waals surface area contributed by atoms with Gasteiger partial charge in [-0.15, -0.1) is 0 Å². The van der Waals surface area contributed by atoms with E-state index in [0.29, 0.717) is 0 Å². The van der Waals surface area contributed by atoms with Crippen molar-refractivity contribution in [3.63, 3.8) is 0 Å². The molecule has 0 fully saturated rings.